The Hall–Kier alpha value is -5.00. The van der Waals surface area contributed by atoms with E-state index in [1.54, 1.807) is 12.1 Å². The van der Waals surface area contributed by atoms with E-state index >= 15 is 0 Å². The standard InChI is InChI=1S/C22H16ClFN8O7S/c1-11-7-14(5-6-19(11)40(37,38)39)27-22-29-20(23)28-21(30-22)26-13-4-2-3-12(8-13)25-16-9-15(24)17(31(33)34)10-18(16)32(35)36/h2-10,25H,1H3,(H,37,38,39)(H2,26,27,28,29,30). The van der Waals surface area contributed by atoms with Crippen molar-refractivity contribution in [3.63, 3.8) is 0 Å². The Morgan fingerprint density at radius 1 is 0.850 bits per heavy atom. The molecule has 0 unspecified atom stereocenters. The second-order valence-corrected chi connectivity index (χ2v) is 9.73. The van der Waals surface area contributed by atoms with E-state index in [4.69, 9.17) is 11.6 Å². The van der Waals surface area contributed by atoms with Crippen molar-refractivity contribution < 1.29 is 27.2 Å². The second-order valence-electron chi connectivity index (χ2n) is 8.00. The van der Waals surface area contributed by atoms with Crippen LogP contribution in [-0.2, 0) is 10.1 Å². The summed E-state index contributed by atoms with van der Waals surface area (Å²) in [4.78, 5) is 32.3. The summed E-state index contributed by atoms with van der Waals surface area (Å²) in [6.07, 6.45) is 0. The molecule has 4 rings (SSSR count). The summed E-state index contributed by atoms with van der Waals surface area (Å²) in [7, 11) is -4.39. The van der Waals surface area contributed by atoms with Crippen molar-refractivity contribution >= 4 is 67.7 Å². The molecule has 0 aliphatic rings. The molecule has 18 heteroatoms. The number of aryl methyl sites for hydroxylation is 1. The lowest BCUT2D eigenvalue weighted by Crippen LogP contribution is -2.05. The molecule has 4 N–H and O–H groups in total. The molecule has 0 saturated carbocycles. The van der Waals surface area contributed by atoms with Crippen LogP contribution in [0.25, 0.3) is 0 Å². The maximum atomic E-state index is 14.1. The number of nitrogens with one attached hydrogen (secondary N) is 3. The minimum absolute atomic E-state index is 0.00670. The lowest BCUT2D eigenvalue weighted by atomic mass is 10.2. The summed E-state index contributed by atoms with van der Waals surface area (Å²) in [5, 5.41) is 30.6. The number of halogens is 2. The van der Waals surface area contributed by atoms with Gasteiger partial charge in [-0.2, -0.15) is 27.8 Å². The average molecular weight is 591 g/mol. The number of anilines is 6. The van der Waals surface area contributed by atoms with E-state index in [9.17, 15) is 37.6 Å². The number of nitro benzene ring substituents is 2. The molecular weight excluding hydrogens is 575 g/mol. The topological polar surface area (TPSA) is 215 Å². The summed E-state index contributed by atoms with van der Waals surface area (Å²) in [6.45, 7) is 1.49. The molecule has 40 heavy (non-hydrogen) atoms. The first-order valence-corrected chi connectivity index (χ1v) is 12.6. The highest BCUT2D eigenvalue weighted by atomic mass is 35.5. The zero-order chi connectivity index (χ0) is 29.2. The summed E-state index contributed by atoms with van der Waals surface area (Å²) >= 11 is 6.02. The second kappa shape index (κ2) is 11.0. The van der Waals surface area contributed by atoms with Crippen molar-refractivity contribution in [3.05, 3.63) is 91.5 Å². The molecule has 1 heterocycles. The molecule has 0 bridgehead atoms. The number of hydrogen-bond acceptors (Lipinski definition) is 12. The number of nitrogens with zero attached hydrogens (tertiary/aromatic N) is 5. The number of hydrogen-bond donors (Lipinski definition) is 4. The van der Waals surface area contributed by atoms with Gasteiger partial charge in [-0.3, -0.25) is 24.8 Å². The van der Waals surface area contributed by atoms with Gasteiger partial charge in [0.2, 0.25) is 23.0 Å². The largest absolute Gasteiger partial charge is 0.350 e. The number of benzene rings is 3. The first kappa shape index (κ1) is 28.0. The van der Waals surface area contributed by atoms with Gasteiger partial charge in [0.05, 0.1) is 20.8 Å². The summed E-state index contributed by atoms with van der Waals surface area (Å²) in [5.74, 6) is -1.28. The molecule has 0 saturated heterocycles. The first-order valence-electron chi connectivity index (χ1n) is 10.8. The maximum absolute atomic E-state index is 14.1. The molecule has 0 amide bonds. The third kappa shape index (κ3) is 6.52. The van der Waals surface area contributed by atoms with Crippen LogP contribution in [0.15, 0.2) is 59.5 Å². The summed E-state index contributed by atoms with van der Waals surface area (Å²) < 4.78 is 46.2. The third-order valence-electron chi connectivity index (χ3n) is 5.17. The molecular formula is C22H16ClFN8O7S. The maximum Gasteiger partial charge on any atom is 0.311 e. The zero-order valence-corrected chi connectivity index (χ0v) is 21.6. The van der Waals surface area contributed by atoms with E-state index in [1.165, 1.54) is 37.3 Å². The van der Waals surface area contributed by atoms with Crippen LogP contribution >= 0.6 is 11.6 Å². The van der Waals surface area contributed by atoms with Gasteiger partial charge in [-0.1, -0.05) is 6.07 Å². The van der Waals surface area contributed by atoms with Crippen molar-refractivity contribution in [1.82, 2.24) is 15.0 Å². The van der Waals surface area contributed by atoms with Crippen LogP contribution in [0, 0.1) is 33.0 Å². The molecule has 0 aliphatic carbocycles. The van der Waals surface area contributed by atoms with E-state index in [-0.39, 0.29) is 39.0 Å². The first-order chi connectivity index (χ1) is 18.8. The normalized spacial score (nSPS) is 11.1. The van der Waals surface area contributed by atoms with Gasteiger partial charge in [-0.15, -0.1) is 0 Å². The molecule has 4 aromatic rings. The van der Waals surface area contributed by atoms with Crippen LogP contribution in [-0.4, -0.2) is 37.8 Å². The van der Waals surface area contributed by atoms with Crippen molar-refractivity contribution in [2.45, 2.75) is 11.8 Å². The fraction of sp³-hybridized carbons (Fsp3) is 0.0455. The zero-order valence-electron chi connectivity index (χ0n) is 20.0. The van der Waals surface area contributed by atoms with Gasteiger partial charge in [0.25, 0.3) is 15.8 Å². The van der Waals surface area contributed by atoms with E-state index in [2.05, 4.69) is 30.9 Å². The fourth-order valence-electron chi connectivity index (χ4n) is 3.51. The van der Waals surface area contributed by atoms with Crippen LogP contribution < -0.4 is 16.0 Å². The summed E-state index contributed by atoms with van der Waals surface area (Å²) in [5.41, 5.74) is -0.759. The van der Waals surface area contributed by atoms with Gasteiger partial charge in [0.1, 0.15) is 5.69 Å². The minimum atomic E-state index is -4.39. The Labute approximate surface area is 229 Å². The van der Waals surface area contributed by atoms with Crippen LogP contribution in [0.5, 0.6) is 0 Å². The number of nitro groups is 2. The van der Waals surface area contributed by atoms with Gasteiger partial charge in [-0.05, 0) is 60.5 Å². The van der Waals surface area contributed by atoms with E-state index in [0.717, 1.165) is 0 Å². The monoisotopic (exact) mass is 590 g/mol. The quantitative estimate of drug-likeness (QED) is 0.111. The Morgan fingerprint density at radius 2 is 1.43 bits per heavy atom. The van der Waals surface area contributed by atoms with Gasteiger partial charge >= 0.3 is 5.69 Å². The molecule has 0 fully saturated rings. The Kier molecular flexibility index (Phi) is 7.71. The van der Waals surface area contributed by atoms with Gasteiger partial charge < -0.3 is 16.0 Å². The highest BCUT2D eigenvalue weighted by Crippen LogP contribution is 2.34. The Balaban J connectivity index is 1.56. The van der Waals surface area contributed by atoms with Crippen LogP contribution in [0.3, 0.4) is 0 Å². The lowest BCUT2D eigenvalue weighted by Gasteiger charge is -2.12. The summed E-state index contributed by atoms with van der Waals surface area (Å²) in [6, 6.07) is 11.4. The van der Waals surface area contributed by atoms with E-state index in [0.29, 0.717) is 23.5 Å². The Bertz CT molecular complexity index is 1770. The average Bonchev–Trinajstić information content (AvgIpc) is 2.83. The highest BCUT2D eigenvalue weighted by Gasteiger charge is 2.25. The minimum Gasteiger partial charge on any atom is -0.350 e. The van der Waals surface area contributed by atoms with Crippen LogP contribution in [0.4, 0.5) is 50.4 Å². The van der Waals surface area contributed by atoms with E-state index in [1.807, 2.05) is 0 Å². The highest BCUT2D eigenvalue weighted by molar-refractivity contribution is 7.85. The van der Waals surface area contributed by atoms with Crippen molar-refractivity contribution in [3.8, 4) is 0 Å². The predicted molar refractivity (Wildman–Crippen MR) is 142 cm³/mol. The Morgan fingerprint density at radius 3 is 1.98 bits per heavy atom. The molecule has 206 valence electrons. The number of aromatic nitrogens is 3. The smallest absolute Gasteiger partial charge is 0.311 e. The molecule has 0 radical (unpaired) electrons. The van der Waals surface area contributed by atoms with Gasteiger partial charge in [-0.25, -0.2) is 0 Å². The lowest BCUT2D eigenvalue weighted by molar-refractivity contribution is -0.395. The molecule has 15 nitrogen and oxygen atoms in total. The molecule has 0 aliphatic heterocycles. The van der Waals surface area contributed by atoms with E-state index < -0.39 is 37.2 Å². The molecule has 0 atom stereocenters. The third-order valence-corrected chi connectivity index (χ3v) is 6.36. The molecule has 3 aromatic carbocycles. The van der Waals surface area contributed by atoms with Crippen molar-refractivity contribution in [1.29, 1.82) is 0 Å². The molecule has 1 aromatic heterocycles. The predicted octanol–water partition coefficient (Wildman–Crippen LogP) is 5.27. The molecule has 0 spiro atoms. The van der Waals surface area contributed by atoms with Crippen LogP contribution in [0.1, 0.15) is 5.56 Å². The number of rotatable bonds is 9. The van der Waals surface area contributed by atoms with Crippen molar-refractivity contribution in [2.75, 3.05) is 16.0 Å². The van der Waals surface area contributed by atoms with Gasteiger partial charge in [0.15, 0.2) is 0 Å². The SMILES string of the molecule is Cc1cc(Nc2nc(Cl)nc(Nc3cccc(Nc4cc(F)c([N+](=O)[O-])cc4[N+](=O)[O-])c3)n2)ccc1S(=O)(=O)O. The van der Waals surface area contributed by atoms with Crippen LogP contribution in [0.2, 0.25) is 5.28 Å². The van der Waals surface area contributed by atoms with Gasteiger partial charge in [0, 0.05) is 23.1 Å². The fourth-order valence-corrected chi connectivity index (χ4v) is 4.37. The van der Waals surface area contributed by atoms with Crippen molar-refractivity contribution in [2.24, 2.45) is 0 Å².